The molecule has 0 aromatic heterocycles. The number of aliphatic hydroxyl groups is 2. The maximum atomic E-state index is 10.7. The third-order valence-electron chi connectivity index (χ3n) is 2.25. The molecule has 1 fully saturated rings. The van der Waals surface area contributed by atoms with Crippen molar-refractivity contribution < 1.29 is 46.7 Å². The van der Waals surface area contributed by atoms with Gasteiger partial charge in [0.05, 0.1) is 0 Å². The summed E-state index contributed by atoms with van der Waals surface area (Å²) < 4.78 is 42.9. The Bertz CT molecular complexity index is 402. The number of carbonyl (C=O) groups is 1. The summed E-state index contributed by atoms with van der Waals surface area (Å²) in [7, 11) is -3.90. The van der Waals surface area contributed by atoms with Gasteiger partial charge in [-0.05, 0) is 0 Å². The molecule has 1 heterocycles. The smallest absolute Gasteiger partial charge is 0.397 e. The topological polar surface area (TPSA) is 160 Å². The van der Waals surface area contributed by atoms with Gasteiger partial charge in [-0.2, -0.15) is 8.42 Å². The number of hydrogen-bond acceptors (Lipinski definition) is 8. The van der Waals surface area contributed by atoms with Gasteiger partial charge in [0.1, 0.15) is 12.2 Å². The third kappa shape index (κ3) is 3.35. The van der Waals surface area contributed by atoms with Crippen LogP contribution in [0.25, 0.3) is 0 Å². The van der Waals surface area contributed by atoms with Crippen LogP contribution in [0.3, 0.4) is 0 Å². The molecule has 0 aromatic carbocycles. The predicted molar refractivity (Wildman–Crippen MR) is 51.7 cm³/mol. The minimum atomic E-state index is -4.94. The van der Waals surface area contributed by atoms with Crippen LogP contribution in [0.1, 0.15) is 0 Å². The minimum Gasteiger partial charge on any atom is -0.479 e. The molecule has 0 radical (unpaired) electrons. The lowest BCUT2D eigenvalue weighted by atomic mass is 9.99. The number of carboxylic acids is 1. The van der Waals surface area contributed by atoms with Crippen molar-refractivity contribution in [3.05, 3.63) is 0 Å². The Hall–Kier alpha value is -0.820. The van der Waals surface area contributed by atoms with E-state index >= 15 is 0 Å². The van der Waals surface area contributed by atoms with Crippen LogP contribution in [0.4, 0.5) is 0 Å². The highest BCUT2D eigenvalue weighted by Crippen LogP contribution is 2.25. The molecule has 1 aliphatic rings. The van der Waals surface area contributed by atoms with Crippen molar-refractivity contribution >= 4 is 16.4 Å². The molecule has 10 nitrogen and oxygen atoms in total. The molecule has 5 atom stereocenters. The SMILES string of the molecule is COC1O[C@H](C(=O)O)[C@@H](O)[C@H](O)[C@H]1OS(=O)(=O)O. The van der Waals surface area contributed by atoms with Gasteiger partial charge in [0, 0.05) is 7.11 Å². The maximum Gasteiger partial charge on any atom is 0.397 e. The zero-order chi connectivity index (χ0) is 14.1. The van der Waals surface area contributed by atoms with Crippen molar-refractivity contribution in [2.75, 3.05) is 7.11 Å². The quantitative estimate of drug-likeness (QED) is 0.402. The molecule has 1 aliphatic heterocycles. The normalized spacial score (nSPS) is 37.4. The van der Waals surface area contributed by atoms with E-state index < -0.39 is 47.1 Å². The number of rotatable bonds is 4. The number of carboxylic acid groups (broad SMARTS) is 1. The Labute approximate surface area is 102 Å². The molecular weight excluding hydrogens is 276 g/mol. The summed E-state index contributed by atoms with van der Waals surface area (Å²) in [5, 5.41) is 27.7. The summed E-state index contributed by atoms with van der Waals surface area (Å²) in [5.41, 5.74) is 0. The van der Waals surface area contributed by atoms with Gasteiger partial charge >= 0.3 is 16.4 Å². The average Bonchev–Trinajstić information content (AvgIpc) is 2.23. The van der Waals surface area contributed by atoms with Crippen molar-refractivity contribution in [2.24, 2.45) is 0 Å². The van der Waals surface area contributed by atoms with E-state index in [2.05, 4.69) is 8.92 Å². The molecule has 0 spiro atoms. The van der Waals surface area contributed by atoms with E-state index in [9.17, 15) is 23.4 Å². The van der Waals surface area contributed by atoms with Crippen LogP contribution in [0.15, 0.2) is 0 Å². The van der Waals surface area contributed by atoms with E-state index in [4.69, 9.17) is 14.4 Å². The fourth-order valence-electron chi connectivity index (χ4n) is 1.47. The molecule has 0 amide bonds. The fourth-order valence-corrected chi connectivity index (χ4v) is 1.96. The lowest BCUT2D eigenvalue weighted by molar-refractivity contribution is -0.281. The van der Waals surface area contributed by atoms with Crippen molar-refractivity contribution in [2.45, 2.75) is 30.7 Å². The minimum absolute atomic E-state index is 1.04. The zero-order valence-electron chi connectivity index (χ0n) is 9.03. The molecule has 1 unspecified atom stereocenters. The first-order chi connectivity index (χ1) is 8.17. The highest BCUT2D eigenvalue weighted by Gasteiger charge is 2.50. The second kappa shape index (κ2) is 5.44. The summed E-state index contributed by atoms with van der Waals surface area (Å²) in [6.07, 6.45) is -9.08. The lowest BCUT2D eigenvalue weighted by Gasteiger charge is -2.39. The summed E-state index contributed by atoms with van der Waals surface area (Å²) >= 11 is 0. The van der Waals surface area contributed by atoms with Gasteiger partial charge in [0.15, 0.2) is 18.5 Å². The van der Waals surface area contributed by atoms with Crippen LogP contribution in [0.2, 0.25) is 0 Å². The van der Waals surface area contributed by atoms with Crippen molar-refractivity contribution in [1.29, 1.82) is 0 Å². The van der Waals surface area contributed by atoms with E-state index in [0.717, 1.165) is 7.11 Å². The van der Waals surface area contributed by atoms with Gasteiger partial charge in [0.2, 0.25) is 0 Å². The van der Waals surface area contributed by atoms with Crippen molar-refractivity contribution in [3.63, 3.8) is 0 Å². The van der Waals surface area contributed by atoms with E-state index in [-0.39, 0.29) is 0 Å². The monoisotopic (exact) mass is 288 g/mol. The van der Waals surface area contributed by atoms with E-state index in [1.54, 1.807) is 0 Å². The van der Waals surface area contributed by atoms with Crippen LogP contribution in [-0.2, 0) is 28.9 Å². The van der Waals surface area contributed by atoms with E-state index in [1.807, 2.05) is 0 Å². The molecule has 0 saturated carbocycles. The Morgan fingerprint density at radius 3 is 2.22 bits per heavy atom. The highest BCUT2D eigenvalue weighted by molar-refractivity contribution is 7.80. The van der Waals surface area contributed by atoms with Crippen LogP contribution < -0.4 is 0 Å². The number of aliphatic carboxylic acids is 1. The molecule has 0 bridgehead atoms. The maximum absolute atomic E-state index is 10.7. The molecule has 106 valence electrons. The Morgan fingerprint density at radius 1 is 1.28 bits per heavy atom. The van der Waals surface area contributed by atoms with Gasteiger partial charge in [-0.25, -0.2) is 8.98 Å². The van der Waals surface area contributed by atoms with E-state index in [0.29, 0.717) is 0 Å². The second-order valence-corrected chi connectivity index (χ2v) is 4.52. The summed E-state index contributed by atoms with van der Waals surface area (Å²) in [4.78, 5) is 10.7. The van der Waals surface area contributed by atoms with Gasteiger partial charge in [-0.1, -0.05) is 0 Å². The molecule has 1 saturated heterocycles. The fraction of sp³-hybridized carbons (Fsp3) is 0.857. The van der Waals surface area contributed by atoms with Crippen LogP contribution in [-0.4, -0.2) is 72.1 Å². The molecular formula is C7H12O10S. The van der Waals surface area contributed by atoms with Crippen LogP contribution in [0.5, 0.6) is 0 Å². The molecule has 11 heteroatoms. The first-order valence-corrected chi connectivity index (χ1v) is 5.96. The molecule has 4 N–H and O–H groups in total. The first kappa shape index (κ1) is 15.2. The van der Waals surface area contributed by atoms with Crippen LogP contribution >= 0.6 is 0 Å². The molecule has 0 aliphatic carbocycles. The highest BCUT2D eigenvalue weighted by atomic mass is 32.3. The molecule has 18 heavy (non-hydrogen) atoms. The Kier molecular flexibility index (Phi) is 4.61. The molecule has 0 aromatic rings. The zero-order valence-corrected chi connectivity index (χ0v) is 9.85. The summed E-state index contributed by atoms with van der Waals surface area (Å²) in [5.74, 6) is -1.58. The standard InChI is InChI=1S/C7H12O10S/c1-15-7-5(17-18(12,13)14)3(9)2(8)4(16-7)6(10)11/h2-5,7-9H,1H3,(H,10,11)(H,12,13,14)/t2-,3-,4-,5+,7?/m0/s1. The number of methoxy groups -OCH3 is 1. The van der Waals surface area contributed by atoms with Gasteiger partial charge in [-0.3, -0.25) is 4.55 Å². The largest absolute Gasteiger partial charge is 0.479 e. The van der Waals surface area contributed by atoms with Gasteiger partial charge in [-0.15, -0.1) is 0 Å². The predicted octanol–water partition coefficient (Wildman–Crippen LogP) is -2.65. The van der Waals surface area contributed by atoms with Crippen LogP contribution in [0, 0.1) is 0 Å². The number of aliphatic hydroxyl groups excluding tert-OH is 2. The van der Waals surface area contributed by atoms with E-state index in [1.165, 1.54) is 0 Å². The summed E-state index contributed by atoms with van der Waals surface area (Å²) in [6, 6.07) is 0. The van der Waals surface area contributed by atoms with Crippen molar-refractivity contribution in [3.8, 4) is 0 Å². The Balaban J connectivity index is 2.95. The average molecular weight is 288 g/mol. The third-order valence-corrected chi connectivity index (χ3v) is 2.72. The Morgan fingerprint density at radius 2 is 1.83 bits per heavy atom. The lowest BCUT2D eigenvalue weighted by Crippen LogP contribution is -2.61. The first-order valence-electron chi connectivity index (χ1n) is 4.60. The molecule has 1 rings (SSSR count). The second-order valence-electron chi connectivity index (χ2n) is 3.47. The van der Waals surface area contributed by atoms with Gasteiger partial charge < -0.3 is 24.8 Å². The number of hydrogen-bond donors (Lipinski definition) is 4. The van der Waals surface area contributed by atoms with Gasteiger partial charge in [0.25, 0.3) is 0 Å². The summed E-state index contributed by atoms with van der Waals surface area (Å²) in [6.45, 7) is 0. The number of ether oxygens (including phenoxy) is 2. The van der Waals surface area contributed by atoms with Crippen molar-refractivity contribution in [1.82, 2.24) is 0 Å².